The zero-order chi connectivity index (χ0) is 19.1. The predicted octanol–water partition coefficient (Wildman–Crippen LogP) is 5.01. The molecule has 1 fully saturated rings. The second kappa shape index (κ2) is 7.85. The van der Waals surface area contributed by atoms with E-state index in [1.165, 1.54) is 0 Å². The maximum Gasteiger partial charge on any atom is 0.265 e. The number of aryl methyl sites for hydroxylation is 1. The van der Waals surface area contributed by atoms with Crippen LogP contribution in [0.25, 0.3) is 0 Å². The smallest absolute Gasteiger partial charge is 0.265 e. The molecule has 0 amide bonds. The molecule has 0 radical (unpaired) electrons. The minimum Gasteiger partial charge on any atom is -0.489 e. The average Bonchev–Trinajstić information content (AvgIpc) is 3.05. The van der Waals surface area contributed by atoms with E-state index in [1.54, 1.807) is 12.1 Å². The Morgan fingerprint density at radius 2 is 2.08 bits per heavy atom. The number of likely N-dealkylation sites (N-methyl/N-ethyl adjacent to an activating group) is 1. The van der Waals surface area contributed by atoms with Gasteiger partial charge in [0.2, 0.25) is 0 Å². The Morgan fingerprint density at radius 3 is 2.65 bits per heavy atom. The molecule has 5 nitrogen and oxygen atoms in total. The van der Waals surface area contributed by atoms with Crippen molar-refractivity contribution in [2.75, 3.05) is 24.9 Å². The molecule has 0 saturated carbocycles. The van der Waals surface area contributed by atoms with Gasteiger partial charge in [-0.25, -0.2) is 8.42 Å². The van der Waals surface area contributed by atoms with Crippen LogP contribution in [0.1, 0.15) is 12.0 Å². The minimum atomic E-state index is -3.89. The fourth-order valence-corrected chi connectivity index (χ4v) is 7.34. The third-order valence-electron chi connectivity index (χ3n) is 4.08. The Kier molecular flexibility index (Phi) is 6.11. The van der Waals surface area contributed by atoms with Gasteiger partial charge in [0.1, 0.15) is 25.4 Å². The minimum absolute atomic E-state index is 0.0605. The second-order valence-electron chi connectivity index (χ2n) is 6.17. The van der Waals surface area contributed by atoms with Gasteiger partial charge in [-0.1, -0.05) is 29.3 Å². The molecule has 0 unspecified atom stereocenters. The van der Waals surface area contributed by atoms with Crippen molar-refractivity contribution in [3.63, 3.8) is 0 Å². The quantitative estimate of drug-likeness (QED) is 0.628. The van der Waals surface area contributed by atoms with E-state index in [4.69, 9.17) is 27.9 Å². The van der Waals surface area contributed by atoms with E-state index in [-0.39, 0.29) is 24.1 Å². The summed E-state index contributed by atoms with van der Waals surface area (Å²) >= 11 is 16.2. The topological polar surface area (TPSA) is 58.6 Å². The fourth-order valence-electron chi connectivity index (χ4n) is 2.74. The van der Waals surface area contributed by atoms with Crippen LogP contribution in [0.2, 0.25) is 8.67 Å². The van der Waals surface area contributed by atoms with E-state index in [0.29, 0.717) is 11.4 Å². The number of nitrogens with zero attached hydrogens (tertiary/aromatic N) is 1. The first kappa shape index (κ1) is 20.2. The van der Waals surface area contributed by atoms with E-state index in [0.717, 1.165) is 36.4 Å². The molecule has 3 rings (SSSR count). The zero-order valence-corrected chi connectivity index (χ0v) is 18.8. The Morgan fingerprint density at radius 1 is 1.35 bits per heavy atom. The van der Waals surface area contributed by atoms with Crippen LogP contribution in [0.3, 0.4) is 0 Å². The Labute approximate surface area is 175 Å². The largest absolute Gasteiger partial charge is 0.489 e. The first-order valence-corrected chi connectivity index (χ1v) is 11.6. The van der Waals surface area contributed by atoms with Crippen LogP contribution in [0.15, 0.2) is 27.6 Å². The molecular weight excluding hydrogens is 483 g/mol. The SMILES string of the molecule is Cc1ccc(NS(=O)(=O)c2c(Cl)sc(Cl)c2Br)cc1O[C@@H]1CCN(C)C1. The van der Waals surface area contributed by atoms with E-state index in [1.807, 2.05) is 20.0 Å². The van der Waals surface area contributed by atoms with E-state index < -0.39 is 10.0 Å². The van der Waals surface area contributed by atoms with Gasteiger partial charge in [0, 0.05) is 19.2 Å². The number of hydrogen-bond acceptors (Lipinski definition) is 5. The number of hydrogen-bond donors (Lipinski definition) is 1. The second-order valence-corrected chi connectivity index (χ2v) is 10.8. The summed E-state index contributed by atoms with van der Waals surface area (Å²) in [7, 11) is -1.84. The lowest BCUT2D eigenvalue weighted by atomic mass is 10.2. The number of likely N-dealkylation sites (tertiary alicyclic amines) is 1. The molecule has 1 N–H and O–H groups in total. The third-order valence-corrected chi connectivity index (χ3v) is 8.93. The van der Waals surface area contributed by atoms with Crippen LogP contribution in [0.4, 0.5) is 5.69 Å². The van der Waals surface area contributed by atoms with Crippen molar-refractivity contribution >= 4 is 66.2 Å². The van der Waals surface area contributed by atoms with Crippen LogP contribution in [-0.4, -0.2) is 39.6 Å². The monoisotopic (exact) mass is 498 g/mol. The summed E-state index contributed by atoms with van der Waals surface area (Å²) in [5, 5.41) is 0. The maximum atomic E-state index is 12.7. The molecule has 1 saturated heterocycles. The molecule has 26 heavy (non-hydrogen) atoms. The number of ether oxygens (including phenoxy) is 1. The number of rotatable bonds is 5. The molecule has 142 valence electrons. The van der Waals surface area contributed by atoms with Crippen molar-refractivity contribution in [1.29, 1.82) is 0 Å². The Bertz CT molecular complexity index is 934. The average molecular weight is 500 g/mol. The van der Waals surface area contributed by atoms with Crippen molar-refractivity contribution in [3.05, 3.63) is 36.9 Å². The van der Waals surface area contributed by atoms with Gasteiger partial charge in [0.15, 0.2) is 0 Å². The molecule has 0 bridgehead atoms. The van der Waals surface area contributed by atoms with Gasteiger partial charge < -0.3 is 9.64 Å². The summed E-state index contributed by atoms with van der Waals surface area (Å²) in [6.45, 7) is 3.77. The van der Waals surface area contributed by atoms with Gasteiger partial charge in [0.25, 0.3) is 10.0 Å². The molecule has 10 heteroatoms. The number of sulfonamides is 1. The molecule has 0 spiro atoms. The molecule has 1 atom stereocenters. The Balaban J connectivity index is 1.84. The molecule has 0 aliphatic carbocycles. The van der Waals surface area contributed by atoms with Crippen LogP contribution in [-0.2, 0) is 10.0 Å². The van der Waals surface area contributed by atoms with Crippen LogP contribution >= 0.6 is 50.5 Å². The third kappa shape index (κ3) is 4.31. The summed E-state index contributed by atoms with van der Waals surface area (Å²) in [6, 6.07) is 5.21. The highest BCUT2D eigenvalue weighted by atomic mass is 79.9. The molecule has 2 heterocycles. The summed E-state index contributed by atoms with van der Waals surface area (Å²) in [6.07, 6.45) is 1.05. The number of benzene rings is 1. The Hall–Kier alpha value is -0.510. The first-order valence-electron chi connectivity index (χ1n) is 7.79. The highest BCUT2D eigenvalue weighted by molar-refractivity contribution is 9.10. The van der Waals surface area contributed by atoms with Gasteiger partial charge in [0.05, 0.1) is 10.2 Å². The van der Waals surface area contributed by atoms with Crippen molar-refractivity contribution < 1.29 is 13.2 Å². The summed E-state index contributed by atoms with van der Waals surface area (Å²) in [5.74, 6) is 0.666. The van der Waals surface area contributed by atoms with Crippen LogP contribution < -0.4 is 9.46 Å². The molecule has 1 aliphatic rings. The maximum absolute atomic E-state index is 12.7. The highest BCUT2D eigenvalue weighted by Gasteiger charge is 2.27. The normalized spacial score (nSPS) is 18.3. The van der Waals surface area contributed by atoms with Crippen molar-refractivity contribution in [1.82, 2.24) is 4.90 Å². The lowest BCUT2D eigenvalue weighted by Gasteiger charge is -2.17. The van der Waals surface area contributed by atoms with Gasteiger partial charge in [-0.05, 0) is 48.0 Å². The molecule has 2 aromatic rings. The van der Waals surface area contributed by atoms with Gasteiger partial charge in [-0.3, -0.25) is 4.72 Å². The molecule has 1 aliphatic heterocycles. The number of halogens is 3. The number of anilines is 1. The number of thiophene rings is 1. The lowest BCUT2D eigenvalue weighted by Crippen LogP contribution is -2.21. The van der Waals surface area contributed by atoms with Gasteiger partial charge in [-0.2, -0.15) is 0 Å². The molecular formula is C16H17BrCl2N2O3S2. The molecule has 1 aromatic heterocycles. The van der Waals surface area contributed by atoms with Crippen molar-refractivity contribution in [2.24, 2.45) is 0 Å². The zero-order valence-electron chi connectivity index (χ0n) is 14.1. The van der Waals surface area contributed by atoms with Gasteiger partial charge >= 0.3 is 0 Å². The van der Waals surface area contributed by atoms with Crippen LogP contribution in [0.5, 0.6) is 5.75 Å². The molecule has 1 aromatic carbocycles. The highest BCUT2D eigenvalue weighted by Crippen LogP contribution is 2.43. The predicted molar refractivity (Wildman–Crippen MR) is 111 cm³/mol. The van der Waals surface area contributed by atoms with Crippen molar-refractivity contribution in [3.8, 4) is 5.75 Å². The van der Waals surface area contributed by atoms with Crippen LogP contribution in [0, 0.1) is 6.92 Å². The summed E-state index contributed by atoms with van der Waals surface area (Å²) in [4.78, 5) is 2.14. The fraction of sp³-hybridized carbons (Fsp3) is 0.375. The standard InChI is InChI=1S/C16H17BrCl2N2O3S2/c1-9-3-4-10(7-12(9)24-11-5-6-21(2)8-11)20-26(22,23)14-13(17)15(18)25-16(14)19/h3-4,7,11,20H,5-6,8H2,1-2H3/t11-/m1/s1. The first-order chi connectivity index (χ1) is 12.2. The van der Waals surface area contributed by atoms with Gasteiger partial charge in [-0.15, -0.1) is 11.3 Å². The van der Waals surface area contributed by atoms with E-state index in [9.17, 15) is 8.42 Å². The van der Waals surface area contributed by atoms with Crippen molar-refractivity contribution in [2.45, 2.75) is 24.3 Å². The summed E-state index contributed by atoms with van der Waals surface area (Å²) in [5.41, 5.74) is 1.35. The lowest BCUT2D eigenvalue weighted by molar-refractivity contribution is 0.207. The summed E-state index contributed by atoms with van der Waals surface area (Å²) < 4.78 is 34.7. The van der Waals surface area contributed by atoms with E-state index >= 15 is 0 Å². The van der Waals surface area contributed by atoms with E-state index in [2.05, 4.69) is 25.6 Å². The number of nitrogens with one attached hydrogen (secondary N) is 1.